The molecule has 3 aromatic rings. The molecule has 0 heterocycles. The molecule has 0 unspecified atom stereocenters. The van der Waals surface area contributed by atoms with Crippen molar-refractivity contribution in [3.8, 4) is 5.75 Å². The van der Waals surface area contributed by atoms with Crippen molar-refractivity contribution < 1.29 is 17.4 Å². The number of carbonyl (C=O) groups excluding carboxylic acids is 1. The molecule has 7 heteroatoms. The van der Waals surface area contributed by atoms with E-state index in [-0.39, 0.29) is 23.0 Å². The Kier molecular flexibility index (Phi) is 6.64. The van der Waals surface area contributed by atoms with E-state index in [2.05, 4.69) is 10.5 Å². The molecule has 6 nitrogen and oxygen atoms in total. The number of nitrogens with zero attached hydrogens (tertiary/aromatic N) is 1. The minimum absolute atomic E-state index is 0.0613. The molecule has 3 aromatic carbocycles. The van der Waals surface area contributed by atoms with Crippen LogP contribution in [-0.4, -0.2) is 20.5 Å². The summed E-state index contributed by atoms with van der Waals surface area (Å²) in [7, 11) is -3.99. The number of rotatable bonds is 7. The smallest absolute Gasteiger partial charge is 0.339 e. The lowest BCUT2D eigenvalue weighted by Crippen LogP contribution is -2.19. The first-order valence-electron chi connectivity index (χ1n) is 9.31. The summed E-state index contributed by atoms with van der Waals surface area (Å²) in [6, 6.07) is 20.6. The number of benzene rings is 3. The Balaban J connectivity index is 1.68. The molecule has 0 atom stereocenters. The van der Waals surface area contributed by atoms with Crippen LogP contribution < -0.4 is 9.61 Å². The summed E-state index contributed by atoms with van der Waals surface area (Å²) in [6.07, 6.45) is 1.55. The van der Waals surface area contributed by atoms with Crippen molar-refractivity contribution in [2.75, 3.05) is 0 Å². The highest BCUT2D eigenvalue weighted by atomic mass is 32.2. The summed E-state index contributed by atoms with van der Waals surface area (Å²) < 4.78 is 30.4. The van der Waals surface area contributed by atoms with Crippen molar-refractivity contribution in [1.29, 1.82) is 0 Å². The first-order valence-corrected chi connectivity index (χ1v) is 10.7. The lowest BCUT2D eigenvalue weighted by Gasteiger charge is -2.09. The Morgan fingerprint density at radius 2 is 1.53 bits per heavy atom. The van der Waals surface area contributed by atoms with E-state index >= 15 is 0 Å². The van der Waals surface area contributed by atoms with Gasteiger partial charge in [-0.1, -0.05) is 59.7 Å². The van der Waals surface area contributed by atoms with Gasteiger partial charge in [0.1, 0.15) is 4.90 Å². The molecule has 0 bridgehead atoms. The molecule has 3 rings (SSSR count). The number of carbonyl (C=O) groups is 1. The monoisotopic (exact) mass is 422 g/mol. The maximum atomic E-state index is 12.5. The van der Waals surface area contributed by atoms with Gasteiger partial charge in [-0.05, 0) is 43.7 Å². The number of hydrazone groups is 1. The van der Waals surface area contributed by atoms with E-state index < -0.39 is 10.1 Å². The molecule has 0 aliphatic carbocycles. The van der Waals surface area contributed by atoms with E-state index in [4.69, 9.17) is 4.18 Å². The van der Waals surface area contributed by atoms with E-state index in [0.717, 1.165) is 16.7 Å². The third-order valence-electron chi connectivity index (χ3n) is 4.31. The summed E-state index contributed by atoms with van der Waals surface area (Å²) in [5.74, 6) is -0.157. The minimum atomic E-state index is -3.99. The Bertz CT molecular complexity index is 1150. The molecular weight excluding hydrogens is 400 g/mol. The van der Waals surface area contributed by atoms with Gasteiger partial charge < -0.3 is 4.18 Å². The molecule has 0 saturated heterocycles. The molecule has 0 aromatic heterocycles. The third-order valence-corrected chi connectivity index (χ3v) is 5.55. The predicted octanol–water partition coefficient (Wildman–Crippen LogP) is 3.76. The van der Waals surface area contributed by atoms with Gasteiger partial charge >= 0.3 is 10.1 Å². The van der Waals surface area contributed by atoms with E-state index in [1.807, 2.05) is 38.1 Å². The highest BCUT2D eigenvalue weighted by Crippen LogP contribution is 2.22. The third kappa shape index (κ3) is 5.78. The number of hydrogen-bond donors (Lipinski definition) is 1. The van der Waals surface area contributed by atoms with Crippen molar-refractivity contribution in [3.05, 3.63) is 95.1 Å². The Hall–Kier alpha value is -3.45. The largest absolute Gasteiger partial charge is 0.378 e. The van der Waals surface area contributed by atoms with Crippen LogP contribution in [-0.2, 0) is 21.3 Å². The van der Waals surface area contributed by atoms with Crippen molar-refractivity contribution in [2.45, 2.75) is 25.2 Å². The van der Waals surface area contributed by atoms with Crippen LogP contribution >= 0.6 is 0 Å². The first-order chi connectivity index (χ1) is 14.3. The summed E-state index contributed by atoms with van der Waals surface area (Å²) in [5, 5.41) is 3.93. The lowest BCUT2D eigenvalue weighted by molar-refractivity contribution is -0.120. The standard InChI is InChI=1S/C23H22N2O4S/c1-17-7-11-19(12-8-17)15-23(26)25-24-16-20-5-3-4-6-22(20)29-30(27,28)21-13-9-18(2)10-14-21/h3-14,16H,15H2,1-2H3,(H,25,26)/b24-16+. The molecule has 0 aliphatic heterocycles. The molecule has 0 saturated carbocycles. The normalized spacial score (nSPS) is 11.4. The van der Waals surface area contributed by atoms with Gasteiger partial charge in [0.2, 0.25) is 5.91 Å². The number of amides is 1. The Labute approximate surface area is 176 Å². The summed E-state index contributed by atoms with van der Waals surface area (Å²) in [6.45, 7) is 3.85. The van der Waals surface area contributed by atoms with Crippen LogP contribution in [0.4, 0.5) is 0 Å². The molecule has 154 valence electrons. The van der Waals surface area contributed by atoms with E-state index in [1.165, 1.54) is 24.4 Å². The zero-order valence-electron chi connectivity index (χ0n) is 16.7. The Morgan fingerprint density at radius 1 is 0.933 bits per heavy atom. The second kappa shape index (κ2) is 9.37. The van der Waals surface area contributed by atoms with Gasteiger partial charge in [-0.25, -0.2) is 5.43 Å². The fourth-order valence-corrected chi connectivity index (χ4v) is 3.59. The number of nitrogens with one attached hydrogen (secondary N) is 1. The molecule has 0 radical (unpaired) electrons. The number of para-hydroxylation sites is 1. The zero-order valence-corrected chi connectivity index (χ0v) is 17.5. The molecule has 1 N–H and O–H groups in total. The summed E-state index contributed by atoms with van der Waals surface area (Å²) in [5.41, 5.74) is 5.81. The number of hydrogen-bond acceptors (Lipinski definition) is 5. The highest BCUT2D eigenvalue weighted by molar-refractivity contribution is 7.87. The topological polar surface area (TPSA) is 84.8 Å². The van der Waals surface area contributed by atoms with Crippen LogP contribution in [0.25, 0.3) is 0 Å². The predicted molar refractivity (Wildman–Crippen MR) is 116 cm³/mol. The SMILES string of the molecule is Cc1ccc(CC(=O)N/N=C/c2ccccc2OS(=O)(=O)c2ccc(C)cc2)cc1. The molecule has 0 fully saturated rings. The Morgan fingerprint density at radius 3 is 2.20 bits per heavy atom. The van der Waals surface area contributed by atoms with Crippen LogP contribution in [0.15, 0.2) is 82.8 Å². The van der Waals surface area contributed by atoms with Crippen LogP contribution in [0.2, 0.25) is 0 Å². The maximum Gasteiger partial charge on any atom is 0.339 e. The lowest BCUT2D eigenvalue weighted by atomic mass is 10.1. The molecule has 0 spiro atoms. The minimum Gasteiger partial charge on any atom is -0.378 e. The van der Waals surface area contributed by atoms with Crippen LogP contribution in [0.5, 0.6) is 5.75 Å². The van der Waals surface area contributed by atoms with Gasteiger partial charge in [0.15, 0.2) is 5.75 Å². The zero-order chi connectivity index (χ0) is 21.6. The van der Waals surface area contributed by atoms with Gasteiger partial charge in [0.25, 0.3) is 0 Å². The quantitative estimate of drug-likeness (QED) is 0.357. The van der Waals surface area contributed by atoms with E-state index in [1.54, 1.807) is 30.3 Å². The average Bonchev–Trinajstić information content (AvgIpc) is 2.71. The second-order valence-corrected chi connectivity index (χ2v) is 8.39. The summed E-state index contributed by atoms with van der Waals surface area (Å²) in [4.78, 5) is 12.1. The molecule has 0 aliphatic rings. The van der Waals surface area contributed by atoms with Crippen LogP contribution in [0, 0.1) is 13.8 Å². The molecular formula is C23H22N2O4S. The molecule has 30 heavy (non-hydrogen) atoms. The van der Waals surface area contributed by atoms with Gasteiger partial charge in [-0.3, -0.25) is 4.79 Å². The average molecular weight is 423 g/mol. The van der Waals surface area contributed by atoms with Crippen LogP contribution in [0.3, 0.4) is 0 Å². The number of aryl methyl sites for hydroxylation is 2. The van der Waals surface area contributed by atoms with Gasteiger partial charge in [0.05, 0.1) is 12.6 Å². The van der Waals surface area contributed by atoms with Crippen LogP contribution in [0.1, 0.15) is 22.3 Å². The van der Waals surface area contributed by atoms with Crippen molar-refractivity contribution in [2.24, 2.45) is 5.10 Å². The molecule has 1 amide bonds. The van der Waals surface area contributed by atoms with Crippen molar-refractivity contribution in [3.63, 3.8) is 0 Å². The first kappa shape index (κ1) is 21.3. The fraction of sp³-hybridized carbons (Fsp3) is 0.130. The van der Waals surface area contributed by atoms with Crippen molar-refractivity contribution in [1.82, 2.24) is 5.43 Å². The van der Waals surface area contributed by atoms with E-state index in [0.29, 0.717) is 5.56 Å². The highest BCUT2D eigenvalue weighted by Gasteiger charge is 2.17. The second-order valence-electron chi connectivity index (χ2n) is 6.84. The van der Waals surface area contributed by atoms with Gasteiger partial charge in [-0.15, -0.1) is 0 Å². The van der Waals surface area contributed by atoms with Crippen molar-refractivity contribution >= 4 is 22.2 Å². The summed E-state index contributed by atoms with van der Waals surface area (Å²) >= 11 is 0. The van der Waals surface area contributed by atoms with E-state index in [9.17, 15) is 13.2 Å². The van der Waals surface area contributed by atoms with Gasteiger partial charge in [-0.2, -0.15) is 13.5 Å². The maximum absolute atomic E-state index is 12.5. The van der Waals surface area contributed by atoms with Gasteiger partial charge in [0, 0.05) is 5.56 Å². The fourth-order valence-electron chi connectivity index (χ4n) is 2.64.